The number of benzene rings is 2. The lowest BCUT2D eigenvalue weighted by Gasteiger charge is -2.16. The molecule has 6 heteroatoms. The summed E-state index contributed by atoms with van der Waals surface area (Å²) in [6, 6.07) is 10.8. The zero-order valence-electron chi connectivity index (χ0n) is 13.0. The summed E-state index contributed by atoms with van der Waals surface area (Å²) < 4.78 is 51.2. The van der Waals surface area contributed by atoms with Gasteiger partial charge in [0.2, 0.25) is 0 Å². The third-order valence-corrected chi connectivity index (χ3v) is 3.74. The molecule has 124 valence electrons. The molecule has 0 fully saturated rings. The van der Waals surface area contributed by atoms with Gasteiger partial charge in [-0.2, -0.15) is 13.2 Å². The Labute approximate surface area is 136 Å². The van der Waals surface area contributed by atoms with Crippen LogP contribution in [-0.4, -0.2) is 19.2 Å². The molecule has 0 aliphatic heterocycles. The topological polar surface area (TPSA) is 31.4 Å². The van der Waals surface area contributed by atoms with E-state index in [-0.39, 0.29) is 11.1 Å². The third-order valence-electron chi connectivity index (χ3n) is 3.74. The fourth-order valence-corrected chi connectivity index (χ4v) is 2.58. The SMILES string of the molecule is COc1ccc(-c2ncc3cc(OC)ccc3c2C(F)(F)F)cc1. The van der Waals surface area contributed by atoms with Crippen LogP contribution in [0.5, 0.6) is 11.5 Å². The molecule has 24 heavy (non-hydrogen) atoms. The summed E-state index contributed by atoms with van der Waals surface area (Å²) in [5, 5.41) is 0.461. The Morgan fingerprint density at radius 3 is 2.08 bits per heavy atom. The molecule has 0 saturated carbocycles. The van der Waals surface area contributed by atoms with Gasteiger partial charge in [0.05, 0.1) is 25.5 Å². The molecule has 0 N–H and O–H groups in total. The number of aromatic nitrogens is 1. The molecule has 1 aromatic heterocycles. The van der Waals surface area contributed by atoms with Crippen LogP contribution in [0.4, 0.5) is 13.2 Å². The highest BCUT2D eigenvalue weighted by atomic mass is 19.4. The number of alkyl halides is 3. The van der Waals surface area contributed by atoms with Crippen LogP contribution in [0.15, 0.2) is 48.7 Å². The second-order valence-corrected chi connectivity index (χ2v) is 5.16. The fourth-order valence-electron chi connectivity index (χ4n) is 2.58. The van der Waals surface area contributed by atoms with Gasteiger partial charge in [0.15, 0.2) is 0 Å². The van der Waals surface area contributed by atoms with Gasteiger partial charge in [-0.05, 0) is 47.9 Å². The summed E-state index contributed by atoms with van der Waals surface area (Å²) in [5.41, 5.74) is -0.489. The second-order valence-electron chi connectivity index (χ2n) is 5.16. The molecule has 0 radical (unpaired) electrons. The van der Waals surface area contributed by atoms with E-state index in [4.69, 9.17) is 9.47 Å². The molecular formula is C18H14F3NO2. The fraction of sp³-hybridized carbons (Fsp3) is 0.167. The molecule has 0 spiro atoms. The highest BCUT2D eigenvalue weighted by Gasteiger charge is 2.36. The van der Waals surface area contributed by atoms with Gasteiger partial charge in [-0.15, -0.1) is 0 Å². The van der Waals surface area contributed by atoms with Gasteiger partial charge in [-0.3, -0.25) is 4.98 Å². The average Bonchev–Trinajstić information content (AvgIpc) is 2.59. The molecule has 0 unspecified atom stereocenters. The molecule has 1 heterocycles. The van der Waals surface area contributed by atoms with Gasteiger partial charge in [0, 0.05) is 17.1 Å². The quantitative estimate of drug-likeness (QED) is 0.680. The smallest absolute Gasteiger partial charge is 0.419 e. The molecule has 3 nitrogen and oxygen atoms in total. The van der Waals surface area contributed by atoms with E-state index in [1.165, 1.54) is 38.6 Å². The first-order valence-corrected chi connectivity index (χ1v) is 7.12. The number of pyridine rings is 1. The van der Waals surface area contributed by atoms with Gasteiger partial charge >= 0.3 is 6.18 Å². The Balaban J connectivity index is 2.27. The lowest BCUT2D eigenvalue weighted by atomic mass is 9.99. The Morgan fingerprint density at radius 2 is 1.50 bits per heavy atom. The van der Waals surface area contributed by atoms with Crippen LogP contribution in [0.2, 0.25) is 0 Å². The number of hydrogen-bond donors (Lipinski definition) is 0. The average molecular weight is 333 g/mol. The maximum atomic E-state index is 13.7. The van der Waals surface area contributed by atoms with E-state index < -0.39 is 11.7 Å². The molecule has 0 aliphatic rings. The maximum Gasteiger partial charge on any atom is 0.419 e. The van der Waals surface area contributed by atoms with Gasteiger partial charge in [-0.1, -0.05) is 0 Å². The second kappa shape index (κ2) is 6.03. The minimum atomic E-state index is -4.53. The molecule has 0 aliphatic carbocycles. The van der Waals surface area contributed by atoms with E-state index in [0.29, 0.717) is 22.4 Å². The number of halogens is 3. The van der Waals surface area contributed by atoms with Gasteiger partial charge < -0.3 is 9.47 Å². The standard InChI is InChI=1S/C18H14F3NO2/c1-23-13-5-3-11(4-6-13)17-16(18(19,20)21)15-8-7-14(24-2)9-12(15)10-22-17/h3-10H,1-2H3. The van der Waals surface area contributed by atoms with Gasteiger partial charge in [-0.25, -0.2) is 0 Å². The van der Waals surface area contributed by atoms with Crippen molar-refractivity contribution in [3.05, 3.63) is 54.2 Å². The highest BCUT2D eigenvalue weighted by Crippen LogP contribution is 2.41. The zero-order chi connectivity index (χ0) is 17.3. The number of ether oxygens (including phenoxy) is 2. The monoisotopic (exact) mass is 333 g/mol. The van der Waals surface area contributed by atoms with E-state index in [2.05, 4.69) is 4.98 Å². The molecule has 3 rings (SSSR count). The Morgan fingerprint density at radius 1 is 0.875 bits per heavy atom. The number of hydrogen-bond acceptors (Lipinski definition) is 3. The summed E-state index contributed by atoms with van der Waals surface area (Å²) in [5.74, 6) is 1.05. The molecule has 0 amide bonds. The van der Waals surface area contributed by atoms with Gasteiger partial charge in [0.25, 0.3) is 0 Å². The lowest BCUT2D eigenvalue weighted by Crippen LogP contribution is -2.09. The number of nitrogens with zero attached hydrogens (tertiary/aromatic N) is 1. The van der Waals surface area contributed by atoms with E-state index >= 15 is 0 Å². The van der Waals surface area contributed by atoms with Crippen LogP contribution in [0.25, 0.3) is 22.0 Å². The van der Waals surface area contributed by atoms with Crippen molar-refractivity contribution in [1.29, 1.82) is 0 Å². The summed E-state index contributed by atoms with van der Waals surface area (Å²) in [7, 11) is 2.96. The first-order chi connectivity index (χ1) is 11.4. The molecule has 3 aromatic rings. The third kappa shape index (κ3) is 2.87. The van der Waals surface area contributed by atoms with Crippen molar-refractivity contribution in [2.75, 3.05) is 14.2 Å². The van der Waals surface area contributed by atoms with Gasteiger partial charge in [0.1, 0.15) is 11.5 Å². The van der Waals surface area contributed by atoms with Crippen LogP contribution in [-0.2, 0) is 6.18 Å². The Hall–Kier alpha value is -2.76. The van der Waals surface area contributed by atoms with Crippen molar-refractivity contribution in [3.8, 4) is 22.8 Å². The maximum absolute atomic E-state index is 13.7. The predicted octanol–water partition coefficient (Wildman–Crippen LogP) is 4.94. The van der Waals surface area contributed by atoms with Crippen LogP contribution in [0.1, 0.15) is 5.56 Å². The Kier molecular flexibility index (Phi) is 4.05. The zero-order valence-corrected chi connectivity index (χ0v) is 13.0. The molecule has 0 saturated heterocycles. The Bertz CT molecular complexity index is 874. The normalized spacial score (nSPS) is 11.5. The van der Waals surface area contributed by atoms with Crippen LogP contribution in [0.3, 0.4) is 0 Å². The van der Waals surface area contributed by atoms with E-state index in [1.807, 2.05) is 0 Å². The van der Waals surface area contributed by atoms with Crippen molar-refractivity contribution in [3.63, 3.8) is 0 Å². The highest BCUT2D eigenvalue weighted by molar-refractivity contribution is 5.91. The summed E-state index contributed by atoms with van der Waals surface area (Å²) in [4.78, 5) is 4.06. The molecule has 2 aromatic carbocycles. The van der Waals surface area contributed by atoms with E-state index in [9.17, 15) is 13.2 Å². The predicted molar refractivity (Wildman–Crippen MR) is 85.3 cm³/mol. The van der Waals surface area contributed by atoms with Crippen molar-refractivity contribution in [2.45, 2.75) is 6.18 Å². The largest absolute Gasteiger partial charge is 0.497 e. The molecule has 0 bridgehead atoms. The summed E-state index contributed by atoms with van der Waals surface area (Å²) >= 11 is 0. The van der Waals surface area contributed by atoms with Crippen LogP contribution >= 0.6 is 0 Å². The molecule has 0 atom stereocenters. The minimum absolute atomic E-state index is 0.0871. The van der Waals surface area contributed by atoms with E-state index in [1.54, 1.807) is 24.3 Å². The number of fused-ring (bicyclic) bond motifs is 1. The first kappa shape index (κ1) is 16.1. The molecular weight excluding hydrogens is 319 g/mol. The number of rotatable bonds is 3. The first-order valence-electron chi connectivity index (χ1n) is 7.12. The van der Waals surface area contributed by atoms with Crippen molar-refractivity contribution in [2.24, 2.45) is 0 Å². The van der Waals surface area contributed by atoms with Crippen molar-refractivity contribution >= 4 is 10.8 Å². The lowest BCUT2D eigenvalue weighted by molar-refractivity contribution is -0.136. The van der Waals surface area contributed by atoms with Crippen molar-refractivity contribution < 1.29 is 22.6 Å². The van der Waals surface area contributed by atoms with E-state index in [0.717, 1.165) is 0 Å². The van der Waals surface area contributed by atoms with Crippen molar-refractivity contribution in [1.82, 2.24) is 4.98 Å². The summed E-state index contributed by atoms with van der Waals surface area (Å²) in [6.07, 6.45) is -3.11. The number of methoxy groups -OCH3 is 2. The minimum Gasteiger partial charge on any atom is -0.497 e. The summed E-state index contributed by atoms with van der Waals surface area (Å²) in [6.45, 7) is 0. The van der Waals surface area contributed by atoms with Crippen LogP contribution < -0.4 is 9.47 Å². The van der Waals surface area contributed by atoms with Crippen LogP contribution in [0, 0.1) is 0 Å².